The van der Waals surface area contributed by atoms with Crippen molar-refractivity contribution >= 4 is 5.82 Å². The van der Waals surface area contributed by atoms with Gasteiger partial charge in [0.15, 0.2) is 5.82 Å². The normalized spacial score (nSPS) is 21.9. The Morgan fingerprint density at radius 3 is 2.33 bits per heavy atom. The molecule has 2 aromatic heterocycles. The molecule has 1 saturated carbocycles. The van der Waals surface area contributed by atoms with E-state index in [4.69, 9.17) is 5.10 Å². The highest BCUT2D eigenvalue weighted by Gasteiger charge is 2.34. The van der Waals surface area contributed by atoms with Gasteiger partial charge < -0.3 is 9.47 Å². The van der Waals surface area contributed by atoms with Gasteiger partial charge in [-0.15, -0.1) is 15.3 Å². The molecule has 2 aromatic rings. The Morgan fingerprint density at radius 2 is 1.67 bits per heavy atom. The standard InChI is InChI=1S/C20H29N7/c1-15-4-7-18(22-21-15)26-12-8-16(9-13-26)20-24-23-19(27(20)17-5-6-17)14-25-10-2-3-11-25/h4,7,16-17H,2-3,5-6,8-14H2,1H3. The van der Waals surface area contributed by atoms with Crippen LogP contribution in [-0.2, 0) is 6.54 Å². The van der Waals surface area contributed by atoms with E-state index in [0.29, 0.717) is 12.0 Å². The van der Waals surface area contributed by atoms with Gasteiger partial charge in [-0.3, -0.25) is 4.90 Å². The van der Waals surface area contributed by atoms with Crippen LogP contribution in [0.2, 0.25) is 0 Å². The second kappa shape index (κ2) is 7.19. The van der Waals surface area contributed by atoms with E-state index in [1.165, 1.54) is 50.4 Å². The summed E-state index contributed by atoms with van der Waals surface area (Å²) in [6.45, 7) is 7.41. The minimum absolute atomic E-state index is 0.514. The Balaban J connectivity index is 1.29. The maximum atomic E-state index is 4.69. The second-order valence-electron chi connectivity index (χ2n) is 8.35. The molecule has 4 heterocycles. The van der Waals surface area contributed by atoms with Crippen molar-refractivity contribution in [3.8, 4) is 0 Å². The first-order valence-corrected chi connectivity index (χ1v) is 10.5. The van der Waals surface area contributed by atoms with Crippen LogP contribution >= 0.6 is 0 Å². The second-order valence-corrected chi connectivity index (χ2v) is 8.35. The number of aryl methyl sites for hydroxylation is 1. The van der Waals surface area contributed by atoms with Gasteiger partial charge in [0.2, 0.25) is 0 Å². The smallest absolute Gasteiger partial charge is 0.151 e. The number of likely N-dealkylation sites (tertiary alicyclic amines) is 1. The first-order valence-electron chi connectivity index (χ1n) is 10.5. The zero-order valence-electron chi connectivity index (χ0n) is 16.2. The summed E-state index contributed by atoms with van der Waals surface area (Å²) in [6.07, 6.45) is 7.45. The predicted molar refractivity (Wildman–Crippen MR) is 104 cm³/mol. The summed E-state index contributed by atoms with van der Waals surface area (Å²) in [7, 11) is 0. The van der Waals surface area contributed by atoms with Crippen LogP contribution in [0.15, 0.2) is 12.1 Å². The molecule has 144 valence electrons. The molecular weight excluding hydrogens is 338 g/mol. The quantitative estimate of drug-likeness (QED) is 0.810. The highest BCUT2D eigenvalue weighted by Crippen LogP contribution is 2.40. The zero-order chi connectivity index (χ0) is 18.2. The molecule has 0 radical (unpaired) electrons. The van der Waals surface area contributed by atoms with E-state index in [1.807, 2.05) is 13.0 Å². The summed E-state index contributed by atoms with van der Waals surface area (Å²) < 4.78 is 2.50. The molecule has 0 spiro atoms. The number of hydrogen-bond donors (Lipinski definition) is 0. The molecule has 3 fully saturated rings. The Hall–Kier alpha value is -2.02. The van der Waals surface area contributed by atoms with E-state index in [0.717, 1.165) is 44.0 Å². The van der Waals surface area contributed by atoms with Gasteiger partial charge in [-0.25, -0.2) is 0 Å². The number of anilines is 1. The molecule has 7 nitrogen and oxygen atoms in total. The van der Waals surface area contributed by atoms with Gasteiger partial charge in [-0.2, -0.15) is 5.10 Å². The lowest BCUT2D eigenvalue weighted by Gasteiger charge is -2.32. The van der Waals surface area contributed by atoms with Gasteiger partial charge in [-0.05, 0) is 70.7 Å². The molecule has 0 amide bonds. The molecule has 5 rings (SSSR count). The summed E-state index contributed by atoms with van der Waals surface area (Å²) in [6, 6.07) is 4.78. The topological polar surface area (TPSA) is 63.0 Å². The molecule has 3 aliphatic rings. The van der Waals surface area contributed by atoms with Crippen molar-refractivity contribution in [3.63, 3.8) is 0 Å². The minimum atomic E-state index is 0.514. The number of piperidine rings is 1. The number of aromatic nitrogens is 5. The highest BCUT2D eigenvalue weighted by atomic mass is 15.3. The molecule has 7 heteroatoms. The summed E-state index contributed by atoms with van der Waals surface area (Å²) >= 11 is 0. The van der Waals surface area contributed by atoms with Crippen LogP contribution in [0.1, 0.15) is 67.8 Å². The van der Waals surface area contributed by atoms with Crippen molar-refractivity contribution in [2.75, 3.05) is 31.1 Å². The molecule has 0 N–H and O–H groups in total. The first kappa shape index (κ1) is 17.1. The maximum absolute atomic E-state index is 4.69. The van der Waals surface area contributed by atoms with Crippen LogP contribution in [0.4, 0.5) is 5.82 Å². The number of nitrogens with zero attached hydrogens (tertiary/aromatic N) is 7. The average Bonchev–Trinajstić information content (AvgIpc) is 3.24. The van der Waals surface area contributed by atoms with E-state index in [1.54, 1.807) is 0 Å². The van der Waals surface area contributed by atoms with Gasteiger partial charge in [0, 0.05) is 25.0 Å². The lowest BCUT2D eigenvalue weighted by molar-refractivity contribution is 0.314. The fourth-order valence-electron chi connectivity index (χ4n) is 4.52. The third-order valence-corrected chi connectivity index (χ3v) is 6.24. The fraction of sp³-hybridized carbons (Fsp3) is 0.700. The maximum Gasteiger partial charge on any atom is 0.151 e. The molecule has 0 bridgehead atoms. The summed E-state index contributed by atoms with van der Waals surface area (Å²) in [5.41, 5.74) is 0.969. The van der Waals surface area contributed by atoms with E-state index in [2.05, 4.69) is 35.7 Å². The van der Waals surface area contributed by atoms with E-state index < -0.39 is 0 Å². The van der Waals surface area contributed by atoms with Crippen LogP contribution in [0, 0.1) is 6.92 Å². The fourth-order valence-corrected chi connectivity index (χ4v) is 4.52. The van der Waals surface area contributed by atoms with Gasteiger partial charge in [0.1, 0.15) is 11.6 Å². The van der Waals surface area contributed by atoms with Crippen molar-refractivity contribution in [1.82, 2.24) is 29.9 Å². The van der Waals surface area contributed by atoms with Crippen LogP contribution in [0.25, 0.3) is 0 Å². The molecule has 2 aliphatic heterocycles. The summed E-state index contributed by atoms with van der Waals surface area (Å²) in [5.74, 6) is 3.94. The molecule has 1 aliphatic carbocycles. The van der Waals surface area contributed by atoms with E-state index >= 15 is 0 Å². The van der Waals surface area contributed by atoms with Crippen LogP contribution in [0.3, 0.4) is 0 Å². The van der Waals surface area contributed by atoms with Gasteiger partial charge in [-0.1, -0.05) is 0 Å². The largest absolute Gasteiger partial charge is 0.355 e. The Bertz CT molecular complexity index is 766. The van der Waals surface area contributed by atoms with Crippen molar-refractivity contribution < 1.29 is 0 Å². The molecule has 0 unspecified atom stereocenters. The van der Waals surface area contributed by atoms with E-state index in [9.17, 15) is 0 Å². The minimum Gasteiger partial charge on any atom is -0.355 e. The Morgan fingerprint density at radius 1 is 0.889 bits per heavy atom. The SMILES string of the molecule is Cc1ccc(N2CCC(c3nnc(CN4CCCC4)n3C3CC3)CC2)nn1. The van der Waals surface area contributed by atoms with Gasteiger partial charge in [0.05, 0.1) is 12.2 Å². The monoisotopic (exact) mass is 367 g/mol. The van der Waals surface area contributed by atoms with Gasteiger partial charge >= 0.3 is 0 Å². The summed E-state index contributed by atoms with van der Waals surface area (Å²) in [4.78, 5) is 4.89. The highest BCUT2D eigenvalue weighted by molar-refractivity contribution is 5.38. The van der Waals surface area contributed by atoms with Crippen molar-refractivity contribution in [1.29, 1.82) is 0 Å². The van der Waals surface area contributed by atoms with Crippen molar-refractivity contribution in [2.24, 2.45) is 0 Å². The molecule has 2 saturated heterocycles. The zero-order valence-corrected chi connectivity index (χ0v) is 16.2. The molecule has 0 atom stereocenters. The third-order valence-electron chi connectivity index (χ3n) is 6.24. The average molecular weight is 368 g/mol. The van der Waals surface area contributed by atoms with Crippen LogP contribution in [0.5, 0.6) is 0 Å². The molecular formula is C20H29N7. The Kier molecular flexibility index (Phi) is 4.55. The summed E-state index contributed by atoms with van der Waals surface area (Å²) in [5, 5.41) is 17.9. The number of rotatable bonds is 5. The van der Waals surface area contributed by atoms with Crippen molar-refractivity contribution in [3.05, 3.63) is 29.5 Å². The lowest BCUT2D eigenvalue weighted by Crippen LogP contribution is -2.34. The lowest BCUT2D eigenvalue weighted by atomic mass is 9.95. The number of hydrogen-bond acceptors (Lipinski definition) is 6. The first-order chi connectivity index (χ1) is 13.3. The Labute approximate surface area is 160 Å². The van der Waals surface area contributed by atoms with Gasteiger partial charge in [0.25, 0.3) is 0 Å². The molecule has 0 aromatic carbocycles. The predicted octanol–water partition coefficient (Wildman–Crippen LogP) is 2.69. The molecule has 27 heavy (non-hydrogen) atoms. The van der Waals surface area contributed by atoms with Crippen molar-refractivity contribution in [2.45, 2.75) is 64.0 Å². The van der Waals surface area contributed by atoms with Crippen LogP contribution in [-0.4, -0.2) is 56.0 Å². The van der Waals surface area contributed by atoms with E-state index in [-0.39, 0.29) is 0 Å². The third kappa shape index (κ3) is 3.57. The van der Waals surface area contributed by atoms with Crippen LogP contribution < -0.4 is 4.90 Å².